The molecule has 3 aromatic rings. The number of nitro benzene ring substituents is 1. The van der Waals surface area contributed by atoms with E-state index in [2.05, 4.69) is 5.32 Å². The Morgan fingerprint density at radius 1 is 0.949 bits per heavy atom. The number of methoxy groups -OCH3 is 1. The van der Waals surface area contributed by atoms with Crippen molar-refractivity contribution in [3.8, 4) is 5.75 Å². The SMILES string of the molecule is COc1ccc([N+](=O)[O-])c(NC(=O)CCN2C(=O)[C@@H]3[C@@H](C2=O)C2(Cl)c4ccccc4C3(Cl)c3ccccc32)c1. The van der Waals surface area contributed by atoms with Crippen molar-refractivity contribution in [2.45, 2.75) is 16.2 Å². The van der Waals surface area contributed by atoms with Gasteiger partial charge in [-0.05, 0) is 28.3 Å². The Morgan fingerprint density at radius 2 is 1.44 bits per heavy atom. The summed E-state index contributed by atoms with van der Waals surface area (Å²) >= 11 is 14.8. The van der Waals surface area contributed by atoms with E-state index in [0.717, 1.165) is 4.90 Å². The summed E-state index contributed by atoms with van der Waals surface area (Å²) < 4.78 is 5.10. The summed E-state index contributed by atoms with van der Waals surface area (Å²) in [5.74, 6) is -3.23. The molecule has 39 heavy (non-hydrogen) atoms. The molecule has 0 unspecified atom stereocenters. The molecule has 198 valence electrons. The lowest BCUT2D eigenvalue weighted by atomic mass is 9.54. The first-order valence-electron chi connectivity index (χ1n) is 12.2. The lowest BCUT2D eigenvalue weighted by Crippen LogP contribution is -2.57. The second-order valence-corrected chi connectivity index (χ2v) is 10.9. The van der Waals surface area contributed by atoms with Gasteiger partial charge in [0.15, 0.2) is 0 Å². The molecule has 1 N–H and O–H groups in total. The van der Waals surface area contributed by atoms with Crippen LogP contribution in [0, 0.1) is 22.0 Å². The molecule has 0 saturated carbocycles. The van der Waals surface area contributed by atoms with Gasteiger partial charge in [-0.1, -0.05) is 48.5 Å². The van der Waals surface area contributed by atoms with Gasteiger partial charge in [-0.25, -0.2) is 0 Å². The van der Waals surface area contributed by atoms with E-state index in [1.54, 1.807) is 0 Å². The van der Waals surface area contributed by atoms with Crippen LogP contribution < -0.4 is 10.1 Å². The van der Waals surface area contributed by atoms with E-state index in [0.29, 0.717) is 28.0 Å². The van der Waals surface area contributed by atoms with Crippen molar-refractivity contribution in [1.29, 1.82) is 0 Å². The molecule has 1 saturated heterocycles. The summed E-state index contributed by atoms with van der Waals surface area (Å²) in [7, 11) is 1.40. The van der Waals surface area contributed by atoms with E-state index < -0.39 is 44.2 Å². The molecule has 1 fully saturated rings. The fraction of sp³-hybridized carbons (Fsp3) is 0.250. The first-order valence-corrected chi connectivity index (χ1v) is 12.9. The van der Waals surface area contributed by atoms with Crippen molar-refractivity contribution < 1.29 is 24.0 Å². The molecule has 11 heteroatoms. The van der Waals surface area contributed by atoms with Crippen molar-refractivity contribution in [3.05, 3.63) is 99.1 Å². The van der Waals surface area contributed by atoms with E-state index in [-0.39, 0.29) is 24.3 Å². The van der Waals surface area contributed by atoms with Gasteiger partial charge in [0.05, 0.1) is 23.9 Å². The first kappa shape index (κ1) is 25.3. The molecule has 1 aliphatic heterocycles. The van der Waals surface area contributed by atoms with Crippen LogP contribution in [0.15, 0.2) is 66.7 Å². The number of nitrogens with one attached hydrogen (secondary N) is 1. The fourth-order valence-corrected chi connectivity index (χ4v) is 7.37. The van der Waals surface area contributed by atoms with Crippen LogP contribution in [0.2, 0.25) is 0 Å². The maximum atomic E-state index is 13.8. The summed E-state index contributed by atoms with van der Waals surface area (Å²) in [6.07, 6.45) is -0.282. The molecule has 0 aromatic heterocycles. The summed E-state index contributed by atoms with van der Waals surface area (Å²) in [6, 6.07) is 18.6. The number of rotatable bonds is 6. The van der Waals surface area contributed by atoms with Crippen LogP contribution in [0.3, 0.4) is 0 Å². The van der Waals surface area contributed by atoms with Gasteiger partial charge in [0.2, 0.25) is 17.7 Å². The zero-order valence-electron chi connectivity index (χ0n) is 20.5. The second-order valence-electron chi connectivity index (χ2n) is 9.74. The average Bonchev–Trinajstić information content (AvgIpc) is 3.20. The first-order chi connectivity index (χ1) is 18.6. The average molecular weight is 566 g/mol. The van der Waals surface area contributed by atoms with Crippen LogP contribution in [0.25, 0.3) is 0 Å². The summed E-state index contributed by atoms with van der Waals surface area (Å²) in [5, 5.41) is 13.9. The molecule has 2 bridgehead atoms. The van der Waals surface area contributed by atoms with Crippen LogP contribution in [0.1, 0.15) is 28.7 Å². The third-order valence-corrected chi connectivity index (χ3v) is 9.20. The molecule has 3 aliphatic carbocycles. The second kappa shape index (κ2) is 8.79. The van der Waals surface area contributed by atoms with Gasteiger partial charge in [0, 0.05) is 25.1 Å². The van der Waals surface area contributed by atoms with Crippen LogP contribution in [0.4, 0.5) is 11.4 Å². The molecule has 3 amide bonds. The number of anilines is 1. The number of alkyl halides is 2. The number of carbonyl (C=O) groups excluding carboxylic acids is 3. The zero-order valence-corrected chi connectivity index (χ0v) is 22.0. The third kappa shape index (κ3) is 3.36. The number of nitrogens with zero attached hydrogens (tertiary/aromatic N) is 2. The van der Waals surface area contributed by atoms with Crippen LogP contribution in [0.5, 0.6) is 5.75 Å². The number of hydrogen-bond donors (Lipinski definition) is 1. The minimum absolute atomic E-state index is 0.0551. The van der Waals surface area contributed by atoms with E-state index in [1.165, 1.54) is 25.3 Å². The molecule has 0 radical (unpaired) electrons. The van der Waals surface area contributed by atoms with Crippen molar-refractivity contribution in [2.24, 2.45) is 11.8 Å². The Kier molecular flexibility index (Phi) is 5.71. The number of amides is 3. The van der Waals surface area contributed by atoms with Crippen LogP contribution in [-0.4, -0.2) is 41.2 Å². The predicted octanol–water partition coefficient (Wildman–Crippen LogP) is 4.53. The molecular formula is C28H21Cl2N3O6. The van der Waals surface area contributed by atoms with Crippen molar-refractivity contribution in [1.82, 2.24) is 4.90 Å². The van der Waals surface area contributed by atoms with E-state index in [1.807, 2.05) is 48.5 Å². The normalized spacial score (nSPS) is 26.1. The Hall–Kier alpha value is -3.95. The number of nitro groups is 1. The van der Waals surface area contributed by atoms with Gasteiger partial charge in [0.1, 0.15) is 21.2 Å². The number of ether oxygens (including phenoxy) is 1. The van der Waals surface area contributed by atoms with E-state index in [4.69, 9.17) is 27.9 Å². The maximum absolute atomic E-state index is 13.8. The van der Waals surface area contributed by atoms with Crippen molar-refractivity contribution in [2.75, 3.05) is 19.0 Å². The molecule has 0 spiro atoms. The lowest BCUT2D eigenvalue weighted by Gasteiger charge is -2.54. The number of hydrogen-bond acceptors (Lipinski definition) is 6. The monoisotopic (exact) mass is 565 g/mol. The number of carbonyl (C=O) groups is 3. The Morgan fingerprint density at radius 3 is 1.87 bits per heavy atom. The van der Waals surface area contributed by atoms with Gasteiger partial charge >= 0.3 is 0 Å². The Labute approximate surface area is 232 Å². The van der Waals surface area contributed by atoms with E-state index in [9.17, 15) is 24.5 Å². The van der Waals surface area contributed by atoms with Gasteiger partial charge in [-0.2, -0.15) is 0 Å². The molecule has 7 rings (SSSR count). The van der Waals surface area contributed by atoms with Crippen LogP contribution in [-0.2, 0) is 24.1 Å². The van der Waals surface area contributed by atoms with Gasteiger partial charge in [-0.3, -0.25) is 29.4 Å². The molecule has 3 aromatic carbocycles. The highest BCUT2D eigenvalue weighted by molar-refractivity contribution is 6.36. The molecule has 4 aliphatic rings. The largest absolute Gasteiger partial charge is 0.497 e. The number of likely N-dealkylation sites (tertiary alicyclic amines) is 1. The van der Waals surface area contributed by atoms with Gasteiger partial charge in [-0.15, -0.1) is 23.2 Å². The summed E-state index contributed by atoms with van der Waals surface area (Å²) in [4.78, 5) is 49.7. The highest BCUT2D eigenvalue weighted by atomic mass is 35.5. The number of imide groups is 1. The Bertz CT molecular complexity index is 1470. The molecule has 2 atom stereocenters. The number of benzene rings is 3. The van der Waals surface area contributed by atoms with Crippen molar-refractivity contribution in [3.63, 3.8) is 0 Å². The molecule has 9 nitrogen and oxygen atoms in total. The minimum atomic E-state index is -1.31. The molecular weight excluding hydrogens is 545 g/mol. The van der Waals surface area contributed by atoms with Crippen LogP contribution >= 0.6 is 23.2 Å². The third-order valence-electron chi connectivity index (χ3n) is 7.91. The lowest BCUT2D eigenvalue weighted by molar-refractivity contribution is -0.383. The Balaban J connectivity index is 1.31. The minimum Gasteiger partial charge on any atom is -0.497 e. The maximum Gasteiger partial charge on any atom is 0.293 e. The topological polar surface area (TPSA) is 119 Å². The quantitative estimate of drug-likeness (QED) is 0.203. The smallest absolute Gasteiger partial charge is 0.293 e. The highest BCUT2D eigenvalue weighted by Gasteiger charge is 2.72. The van der Waals surface area contributed by atoms with E-state index >= 15 is 0 Å². The standard InChI is InChI=1S/C28H21Cl2N3O6/c1-39-15-10-11-21(33(37)38)20(14-15)31-22(34)12-13-32-25(35)23-24(26(32)36)28(30)17-7-3-2-6-16(17)27(23,29)18-8-4-5-9-19(18)28/h2-11,14,23-24H,12-13H2,1H3,(H,31,34)/t23-,24-,27?,28?/m0/s1. The molecule has 1 heterocycles. The zero-order chi connectivity index (χ0) is 27.7. The van der Waals surface area contributed by atoms with Gasteiger partial charge < -0.3 is 10.1 Å². The van der Waals surface area contributed by atoms with Gasteiger partial charge in [0.25, 0.3) is 5.69 Å². The summed E-state index contributed by atoms with van der Waals surface area (Å²) in [5.41, 5.74) is 2.38. The summed E-state index contributed by atoms with van der Waals surface area (Å²) in [6.45, 7) is -0.235. The van der Waals surface area contributed by atoms with Crippen molar-refractivity contribution >= 4 is 52.3 Å². The highest BCUT2D eigenvalue weighted by Crippen LogP contribution is 2.69. The number of halogens is 2. The fourth-order valence-electron chi connectivity index (χ4n) is 6.27. The predicted molar refractivity (Wildman–Crippen MR) is 143 cm³/mol.